The van der Waals surface area contributed by atoms with E-state index in [-0.39, 0.29) is 0 Å². The third-order valence-corrected chi connectivity index (χ3v) is 10.3. The zero-order chi connectivity index (χ0) is 24.0. The third-order valence-electron chi connectivity index (χ3n) is 10.3. The summed E-state index contributed by atoms with van der Waals surface area (Å²) in [5.74, 6) is 3.43. The molecule has 1 N–H and O–H groups in total. The second-order valence-electron chi connectivity index (χ2n) is 12.6. The van der Waals surface area contributed by atoms with Crippen molar-refractivity contribution in [2.45, 2.75) is 101 Å². The summed E-state index contributed by atoms with van der Waals surface area (Å²) in [4.78, 5) is 12.3. The highest BCUT2D eigenvalue weighted by molar-refractivity contribution is 5.30. The minimum Gasteiger partial charge on any atom is -0.494 e. The maximum atomic E-state index is 6.88. The normalized spacial score (nSPS) is 41.9. The van der Waals surface area contributed by atoms with Crippen molar-refractivity contribution >= 4 is 0 Å². The zero-order valence-corrected chi connectivity index (χ0v) is 21.6. The molecule has 2 heterocycles. The van der Waals surface area contributed by atoms with Crippen molar-refractivity contribution in [3.8, 4) is 5.75 Å². The smallest absolute Gasteiger partial charge is 0.210 e. The van der Waals surface area contributed by atoms with Gasteiger partial charge in [0, 0.05) is 43.9 Å². The number of rotatable bonds is 7. The molecule has 6 nitrogen and oxygen atoms in total. The lowest BCUT2D eigenvalue weighted by molar-refractivity contribution is -0.390. The number of hydrogen-bond donors (Lipinski definition) is 1. The van der Waals surface area contributed by atoms with E-state index >= 15 is 0 Å². The molecule has 0 aromatic heterocycles. The molecule has 0 unspecified atom stereocenters. The first-order chi connectivity index (χ1) is 17.7. The van der Waals surface area contributed by atoms with Crippen LogP contribution in [0.5, 0.6) is 5.75 Å². The minimum atomic E-state index is -0.520. The Bertz CT molecular complexity index is 861. The molecule has 6 heteroatoms. The number of ether oxygens (including phenoxy) is 3. The SMILES string of the molecule is c1cc(C2CCC3(CC2)OOC2(O3)C3CC4CC(C3)CC2C4)ccc1OCCCNC1CCOCC1. The van der Waals surface area contributed by atoms with Gasteiger partial charge in [0.05, 0.1) is 6.61 Å². The van der Waals surface area contributed by atoms with Crippen LogP contribution in [-0.4, -0.2) is 44.0 Å². The molecule has 0 amide bonds. The number of nitrogens with one attached hydrogen (secondary N) is 1. The van der Waals surface area contributed by atoms with Crippen LogP contribution in [0.3, 0.4) is 0 Å². The van der Waals surface area contributed by atoms with E-state index < -0.39 is 11.6 Å². The molecule has 36 heavy (non-hydrogen) atoms. The summed E-state index contributed by atoms with van der Waals surface area (Å²) < 4.78 is 18.3. The predicted molar refractivity (Wildman–Crippen MR) is 135 cm³/mol. The van der Waals surface area contributed by atoms with Crippen molar-refractivity contribution in [2.75, 3.05) is 26.4 Å². The van der Waals surface area contributed by atoms with Crippen molar-refractivity contribution in [1.82, 2.24) is 5.32 Å². The fourth-order valence-corrected chi connectivity index (χ4v) is 8.49. The molecule has 198 valence electrons. The Labute approximate surface area is 215 Å². The second-order valence-corrected chi connectivity index (χ2v) is 12.6. The molecule has 7 aliphatic rings. The highest BCUT2D eigenvalue weighted by Gasteiger charge is 2.66. The maximum absolute atomic E-state index is 6.88. The number of hydrogen-bond acceptors (Lipinski definition) is 6. The Kier molecular flexibility index (Phi) is 6.54. The summed E-state index contributed by atoms with van der Waals surface area (Å²) in [6, 6.07) is 9.40. The topological polar surface area (TPSA) is 58.2 Å². The van der Waals surface area contributed by atoms with Crippen molar-refractivity contribution < 1.29 is 24.0 Å². The second kappa shape index (κ2) is 9.85. The van der Waals surface area contributed by atoms with Gasteiger partial charge >= 0.3 is 0 Å². The van der Waals surface area contributed by atoms with E-state index in [9.17, 15) is 0 Å². The Morgan fingerprint density at radius 3 is 2.22 bits per heavy atom. The summed E-state index contributed by atoms with van der Waals surface area (Å²) >= 11 is 0. The van der Waals surface area contributed by atoms with E-state index in [1.807, 2.05) is 0 Å². The highest BCUT2D eigenvalue weighted by atomic mass is 17.3. The molecule has 4 bridgehead atoms. The summed E-state index contributed by atoms with van der Waals surface area (Å²) in [6.45, 7) is 3.53. The van der Waals surface area contributed by atoms with Crippen LogP contribution in [0.25, 0.3) is 0 Å². The van der Waals surface area contributed by atoms with Crippen LogP contribution < -0.4 is 10.1 Å². The Hall–Kier alpha value is -1.18. The first kappa shape index (κ1) is 23.9. The molecular formula is C30H43NO5. The van der Waals surface area contributed by atoms with Gasteiger partial charge in [-0.1, -0.05) is 12.1 Å². The van der Waals surface area contributed by atoms with Crippen LogP contribution in [0.2, 0.25) is 0 Å². The van der Waals surface area contributed by atoms with Crippen molar-refractivity contribution in [3.05, 3.63) is 29.8 Å². The molecular weight excluding hydrogens is 454 g/mol. The Morgan fingerprint density at radius 1 is 0.833 bits per heavy atom. The van der Waals surface area contributed by atoms with E-state index in [4.69, 9.17) is 24.0 Å². The monoisotopic (exact) mass is 497 g/mol. The fraction of sp³-hybridized carbons (Fsp3) is 0.800. The number of benzene rings is 1. The molecule has 1 aromatic carbocycles. The molecule has 5 saturated carbocycles. The van der Waals surface area contributed by atoms with Crippen LogP contribution in [0.4, 0.5) is 0 Å². The van der Waals surface area contributed by atoms with Gasteiger partial charge in [0.15, 0.2) is 0 Å². The largest absolute Gasteiger partial charge is 0.494 e. The van der Waals surface area contributed by atoms with Crippen molar-refractivity contribution in [3.63, 3.8) is 0 Å². The molecule has 0 radical (unpaired) electrons. The van der Waals surface area contributed by atoms with Crippen LogP contribution in [0.1, 0.15) is 88.5 Å². The average molecular weight is 498 g/mol. The first-order valence-electron chi connectivity index (χ1n) is 14.8. The molecule has 1 aromatic rings. The Morgan fingerprint density at radius 2 is 1.53 bits per heavy atom. The molecule has 7 fully saturated rings. The van der Waals surface area contributed by atoms with Gasteiger partial charge in [-0.05, 0) is 106 Å². The summed E-state index contributed by atoms with van der Waals surface area (Å²) in [5.41, 5.74) is 1.40. The van der Waals surface area contributed by atoms with Gasteiger partial charge < -0.3 is 19.5 Å². The highest BCUT2D eigenvalue weighted by Crippen LogP contribution is 2.64. The van der Waals surface area contributed by atoms with Gasteiger partial charge in [0.25, 0.3) is 0 Å². The maximum Gasteiger partial charge on any atom is 0.210 e. The Balaban J connectivity index is 0.876. The summed E-state index contributed by atoms with van der Waals surface area (Å²) in [5, 5.41) is 3.63. The van der Waals surface area contributed by atoms with Gasteiger partial charge in [-0.15, -0.1) is 0 Å². The van der Waals surface area contributed by atoms with E-state index in [2.05, 4.69) is 29.6 Å². The van der Waals surface area contributed by atoms with E-state index in [0.29, 0.717) is 23.8 Å². The lowest BCUT2D eigenvalue weighted by atomic mass is 9.53. The minimum absolute atomic E-state index is 0.445. The standard InChI is InChI=1S/C30H43NO5/c1(12-31-27-8-14-32-15-9-27)13-33-28-4-2-23(3-5-28)24-6-10-29(11-7-24)34-30(36-35-29)25-17-21-16-22(19-25)20-26(30)18-21/h2-5,21-22,24-27,31H,1,6-20H2. The molecule has 2 aliphatic heterocycles. The molecule has 2 saturated heterocycles. The van der Waals surface area contributed by atoms with Crippen molar-refractivity contribution in [2.24, 2.45) is 23.7 Å². The van der Waals surface area contributed by atoms with Gasteiger partial charge in [-0.2, -0.15) is 9.78 Å². The van der Waals surface area contributed by atoms with Gasteiger partial charge in [-0.3, -0.25) is 0 Å². The van der Waals surface area contributed by atoms with Crippen molar-refractivity contribution in [1.29, 1.82) is 0 Å². The lowest BCUT2D eigenvalue weighted by Gasteiger charge is -2.57. The fourth-order valence-electron chi connectivity index (χ4n) is 8.49. The zero-order valence-electron chi connectivity index (χ0n) is 21.6. The lowest BCUT2D eigenvalue weighted by Crippen LogP contribution is -2.59. The molecule has 2 spiro atoms. The van der Waals surface area contributed by atoms with Crippen LogP contribution in [-0.2, 0) is 19.2 Å². The van der Waals surface area contributed by atoms with E-state index in [0.717, 1.165) is 88.9 Å². The van der Waals surface area contributed by atoms with E-state index in [1.54, 1.807) is 0 Å². The van der Waals surface area contributed by atoms with Crippen LogP contribution >= 0.6 is 0 Å². The molecule has 5 aliphatic carbocycles. The summed E-state index contributed by atoms with van der Waals surface area (Å²) in [7, 11) is 0. The van der Waals surface area contributed by atoms with E-state index in [1.165, 1.54) is 37.7 Å². The van der Waals surface area contributed by atoms with Gasteiger partial charge in [0.2, 0.25) is 11.6 Å². The van der Waals surface area contributed by atoms with Crippen LogP contribution in [0.15, 0.2) is 24.3 Å². The third kappa shape index (κ3) is 4.51. The van der Waals surface area contributed by atoms with Crippen LogP contribution in [0, 0.1) is 23.7 Å². The van der Waals surface area contributed by atoms with Gasteiger partial charge in [-0.25, -0.2) is 0 Å². The summed E-state index contributed by atoms with van der Waals surface area (Å²) in [6.07, 6.45) is 13.8. The quantitative estimate of drug-likeness (QED) is 0.385. The predicted octanol–water partition coefficient (Wildman–Crippen LogP) is 5.71. The first-order valence-corrected chi connectivity index (χ1v) is 14.8. The molecule has 0 atom stereocenters. The average Bonchev–Trinajstić information content (AvgIpc) is 3.28. The molecule has 8 rings (SSSR count). The van der Waals surface area contributed by atoms with Gasteiger partial charge in [0.1, 0.15) is 5.75 Å².